The van der Waals surface area contributed by atoms with Crippen LogP contribution in [-0.2, 0) is 4.79 Å². The van der Waals surface area contributed by atoms with Gasteiger partial charge in [0, 0.05) is 11.5 Å². The molecular formula is C21H41NO. The number of rotatable bonds is 3. The fraction of sp³-hybridized carbons (Fsp3) is 0.952. The average Bonchev–Trinajstić information content (AvgIpc) is 2.35. The molecule has 0 aromatic carbocycles. The molecule has 2 nitrogen and oxygen atoms in total. The Morgan fingerprint density at radius 2 is 1.17 bits per heavy atom. The van der Waals surface area contributed by atoms with Crippen LogP contribution in [0.3, 0.4) is 0 Å². The third kappa shape index (κ3) is 4.51. The van der Waals surface area contributed by atoms with Crippen molar-refractivity contribution in [2.45, 2.75) is 100 Å². The van der Waals surface area contributed by atoms with Gasteiger partial charge in [-0.25, -0.2) is 0 Å². The molecule has 0 aliphatic heterocycles. The average molecular weight is 324 g/mol. The molecular weight excluding hydrogens is 282 g/mol. The topological polar surface area (TPSA) is 29.1 Å². The highest BCUT2D eigenvalue weighted by Crippen LogP contribution is 2.50. The van der Waals surface area contributed by atoms with E-state index >= 15 is 0 Å². The predicted molar refractivity (Wildman–Crippen MR) is 100 cm³/mol. The maximum absolute atomic E-state index is 12.7. The van der Waals surface area contributed by atoms with Crippen LogP contribution in [0.5, 0.6) is 0 Å². The largest absolute Gasteiger partial charge is 0.350 e. The van der Waals surface area contributed by atoms with Gasteiger partial charge < -0.3 is 5.32 Å². The number of carbonyl (C=O) groups is 1. The minimum Gasteiger partial charge on any atom is -0.350 e. The molecule has 0 bridgehead atoms. The van der Waals surface area contributed by atoms with Crippen molar-refractivity contribution in [1.29, 1.82) is 0 Å². The second kappa shape index (κ2) is 6.41. The first-order chi connectivity index (χ1) is 10.1. The van der Waals surface area contributed by atoms with Crippen molar-refractivity contribution >= 4 is 5.91 Å². The third-order valence-electron chi connectivity index (χ3n) is 7.36. The van der Waals surface area contributed by atoms with E-state index in [4.69, 9.17) is 0 Å². The molecule has 23 heavy (non-hydrogen) atoms. The minimum atomic E-state index is -0.175. The van der Waals surface area contributed by atoms with E-state index in [1.807, 2.05) is 0 Å². The van der Waals surface area contributed by atoms with Crippen LogP contribution in [0.15, 0.2) is 0 Å². The lowest BCUT2D eigenvalue weighted by molar-refractivity contribution is -0.129. The summed E-state index contributed by atoms with van der Waals surface area (Å²) in [7, 11) is 0. The van der Waals surface area contributed by atoms with E-state index in [9.17, 15) is 4.79 Å². The van der Waals surface area contributed by atoms with Gasteiger partial charge in [-0.3, -0.25) is 4.79 Å². The zero-order valence-corrected chi connectivity index (χ0v) is 17.4. The number of amides is 1. The summed E-state index contributed by atoms with van der Waals surface area (Å²) >= 11 is 0. The van der Waals surface area contributed by atoms with Gasteiger partial charge in [-0.1, -0.05) is 55.4 Å². The first-order valence-electron chi connectivity index (χ1n) is 9.41. The van der Waals surface area contributed by atoms with E-state index in [0.29, 0.717) is 10.8 Å². The molecule has 1 fully saturated rings. The Labute approximate surface area is 145 Å². The molecule has 0 unspecified atom stereocenters. The lowest BCUT2D eigenvalue weighted by atomic mass is 9.58. The van der Waals surface area contributed by atoms with Gasteiger partial charge in [0.2, 0.25) is 5.91 Å². The molecule has 136 valence electrons. The molecule has 2 heteroatoms. The second-order valence-corrected chi connectivity index (χ2v) is 10.9. The first kappa shape index (κ1) is 20.5. The highest BCUT2D eigenvalue weighted by Gasteiger charge is 2.43. The normalized spacial score (nSPS) is 24.4. The van der Waals surface area contributed by atoms with E-state index < -0.39 is 0 Å². The Bertz CT molecular complexity index is 412. The van der Waals surface area contributed by atoms with Crippen molar-refractivity contribution < 1.29 is 4.79 Å². The molecule has 0 spiro atoms. The van der Waals surface area contributed by atoms with Crippen LogP contribution in [0, 0.1) is 28.1 Å². The molecule has 1 saturated carbocycles. The predicted octanol–water partition coefficient (Wildman–Crippen LogP) is 5.81. The molecule has 0 aromatic rings. The lowest BCUT2D eigenvalue weighted by Gasteiger charge is -2.48. The molecule has 1 amide bonds. The van der Waals surface area contributed by atoms with Crippen LogP contribution in [0.1, 0.15) is 94.9 Å². The van der Waals surface area contributed by atoms with Crippen molar-refractivity contribution in [2.75, 3.05) is 0 Å². The van der Waals surface area contributed by atoms with Crippen LogP contribution in [0.25, 0.3) is 0 Å². The summed E-state index contributed by atoms with van der Waals surface area (Å²) in [6, 6.07) is 0. The van der Waals surface area contributed by atoms with Crippen molar-refractivity contribution in [3.8, 4) is 0 Å². The Balaban J connectivity index is 2.65. The standard InChI is InChI=1S/C21H41NO/c1-18(2,3)20(7,8)16-13-11-15(12-14-16)17(23)22-21(9,10)19(4,5)6/h15-16H,11-14H2,1-10H3,(H,22,23). The highest BCUT2D eigenvalue weighted by atomic mass is 16.2. The Hall–Kier alpha value is -0.530. The van der Waals surface area contributed by atoms with Gasteiger partial charge in [0.15, 0.2) is 0 Å². The molecule has 1 aliphatic carbocycles. The van der Waals surface area contributed by atoms with Crippen LogP contribution in [-0.4, -0.2) is 11.4 Å². The van der Waals surface area contributed by atoms with Crippen molar-refractivity contribution in [2.24, 2.45) is 28.1 Å². The van der Waals surface area contributed by atoms with Crippen LogP contribution in [0.4, 0.5) is 0 Å². The van der Waals surface area contributed by atoms with E-state index in [-0.39, 0.29) is 22.8 Å². The highest BCUT2D eigenvalue weighted by molar-refractivity contribution is 5.79. The first-order valence-corrected chi connectivity index (χ1v) is 9.41. The molecule has 0 radical (unpaired) electrons. The second-order valence-electron chi connectivity index (χ2n) is 10.9. The summed E-state index contributed by atoms with van der Waals surface area (Å²) in [6.45, 7) is 22.7. The minimum absolute atomic E-state index is 0.0636. The summed E-state index contributed by atoms with van der Waals surface area (Å²) in [5.74, 6) is 1.18. The number of carbonyl (C=O) groups excluding carboxylic acids is 1. The molecule has 0 heterocycles. The van der Waals surface area contributed by atoms with Crippen LogP contribution in [0.2, 0.25) is 0 Å². The summed E-state index contributed by atoms with van der Waals surface area (Å²) in [5, 5.41) is 3.31. The summed E-state index contributed by atoms with van der Waals surface area (Å²) in [6.07, 6.45) is 4.43. The van der Waals surface area contributed by atoms with E-state index in [2.05, 4.69) is 74.6 Å². The summed E-state index contributed by atoms with van der Waals surface area (Å²) < 4.78 is 0. The Morgan fingerprint density at radius 1 is 0.739 bits per heavy atom. The number of hydrogen-bond donors (Lipinski definition) is 1. The van der Waals surface area contributed by atoms with E-state index in [0.717, 1.165) is 18.8 Å². The summed E-state index contributed by atoms with van der Waals surface area (Å²) in [5.41, 5.74) is 0.514. The SMILES string of the molecule is CC(C)(C)C(C)(C)NC(=O)C1CCC(C(C)(C)C(C)(C)C)CC1. The van der Waals surface area contributed by atoms with Gasteiger partial charge in [-0.15, -0.1) is 0 Å². The zero-order valence-electron chi connectivity index (χ0n) is 17.4. The monoisotopic (exact) mass is 323 g/mol. The maximum Gasteiger partial charge on any atom is 0.223 e. The third-order valence-corrected chi connectivity index (χ3v) is 7.36. The smallest absolute Gasteiger partial charge is 0.223 e. The maximum atomic E-state index is 12.7. The zero-order chi connectivity index (χ0) is 18.3. The van der Waals surface area contributed by atoms with Crippen molar-refractivity contribution in [3.05, 3.63) is 0 Å². The fourth-order valence-corrected chi connectivity index (χ4v) is 3.29. The molecule has 1 rings (SSSR count). The molecule has 0 aromatic heterocycles. The van der Waals surface area contributed by atoms with Crippen molar-refractivity contribution in [1.82, 2.24) is 5.32 Å². The van der Waals surface area contributed by atoms with Gasteiger partial charge >= 0.3 is 0 Å². The molecule has 0 saturated heterocycles. The Kier molecular flexibility index (Phi) is 5.72. The van der Waals surface area contributed by atoms with Crippen molar-refractivity contribution in [3.63, 3.8) is 0 Å². The van der Waals surface area contributed by atoms with Gasteiger partial charge in [-0.2, -0.15) is 0 Å². The van der Waals surface area contributed by atoms with Crippen LogP contribution >= 0.6 is 0 Å². The molecule has 0 atom stereocenters. The number of hydrogen-bond acceptors (Lipinski definition) is 1. The quantitative estimate of drug-likeness (QED) is 0.698. The summed E-state index contributed by atoms with van der Waals surface area (Å²) in [4.78, 5) is 12.7. The van der Waals surface area contributed by atoms with Gasteiger partial charge in [-0.05, 0) is 61.7 Å². The lowest BCUT2D eigenvalue weighted by Crippen LogP contribution is -2.54. The Morgan fingerprint density at radius 3 is 1.52 bits per heavy atom. The fourth-order valence-electron chi connectivity index (χ4n) is 3.29. The number of nitrogens with one attached hydrogen (secondary N) is 1. The van der Waals surface area contributed by atoms with Gasteiger partial charge in [0.25, 0.3) is 0 Å². The van der Waals surface area contributed by atoms with Gasteiger partial charge in [0.05, 0.1) is 0 Å². The van der Waals surface area contributed by atoms with E-state index in [1.54, 1.807) is 0 Å². The molecule has 1 aliphatic rings. The molecule has 1 N–H and O–H groups in total. The van der Waals surface area contributed by atoms with Crippen LogP contribution < -0.4 is 5.32 Å². The van der Waals surface area contributed by atoms with Gasteiger partial charge in [0.1, 0.15) is 0 Å². The van der Waals surface area contributed by atoms with E-state index in [1.165, 1.54) is 12.8 Å².